The first-order chi connectivity index (χ1) is 8.00. The molecule has 0 saturated heterocycles. The van der Waals surface area contributed by atoms with Gasteiger partial charge in [0.2, 0.25) is 0 Å². The Kier molecular flexibility index (Phi) is 3.40. The molecule has 1 aliphatic heterocycles. The topological polar surface area (TPSA) is 21.3 Å². The Morgan fingerprint density at radius 3 is 2.76 bits per heavy atom. The lowest BCUT2D eigenvalue weighted by molar-refractivity contribution is -0.137. The van der Waals surface area contributed by atoms with Gasteiger partial charge in [0, 0.05) is 19.7 Å². The lowest BCUT2D eigenvalue weighted by atomic mass is 9.94. The summed E-state index contributed by atoms with van der Waals surface area (Å²) >= 11 is 0. The van der Waals surface area contributed by atoms with Crippen molar-refractivity contribution in [3.8, 4) is 0 Å². The smallest absolute Gasteiger partial charge is 0.383 e. The van der Waals surface area contributed by atoms with Crippen LogP contribution >= 0.6 is 0 Å². The van der Waals surface area contributed by atoms with Gasteiger partial charge in [0.05, 0.1) is 12.2 Å². The van der Waals surface area contributed by atoms with Crippen LogP contribution in [0.25, 0.3) is 0 Å². The third-order valence-corrected chi connectivity index (χ3v) is 2.95. The van der Waals surface area contributed by atoms with Crippen LogP contribution in [-0.2, 0) is 23.9 Å². The summed E-state index contributed by atoms with van der Waals surface area (Å²) in [6.07, 6.45) is -3.69. The van der Waals surface area contributed by atoms with E-state index in [1.807, 2.05) is 0 Å². The number of benzene rings is 1. The van der Waals surface area contributed by atoms with E-state index in [4.69, 9.17) is 4.74 Å². The van der Waals surface area contributed by atoms with E-state index in [9.17, 15) is 13.2 Å². The molecule has 1 aromatic carbocycles. The third-order valence-electron chi connectivity index (χ3n) is 2.95. The molecular formula is C12H14F3NO. The minimum atomic E-state index is -4.27. The van der Waals surface area contributed by atoms with Crippen LogP contribution in [0.4, 0.5) is 13.2 Å². The van der Waals surface area contributed by atoms with E-state index in [0.717, 1.165) is 17.2 Å². The SMILES string of the molecule is COCC1Cc2cc(C(F)(F)F)ccc2CN1. The summed E-state index contributed by atoms with van der Waals surface area (Å²) in [7, 11) is 1.59. The fourth-order valence-corrected chi connectivity index (χ4v) is 2.08. The second-order valence-electron chi connectivity index (χ2n) is 4.22. The predicted molar refractivity (Wildman–Crippen MR) is 57.7 cm³/mol. The summed E-state index contributed by atoms with van der Waals surface area (Å²) in [5.41, 5.74) is 1.13. The van der Waals surface area contributed by atoms with E-state index < -0.39 is 11.7 Å². The van der Waals surface area contributed by atoms with Crippen molar-refractivity contribution in [3.63, 3.8) is 0 Å². The van der Waals surface area contributed by atoms with Crippen LogP contribution in [0.5, 0.6) is 0 Å². The molecule has 2 rings (SSSR count). The Bertz CT molecular complexity index is 403. The van der Waals surface area contributed by atoms with E-state index in [1.165, 1.54) is 6.07 Å². The Labute approximate surface area is 97.8 Å². The maximum Gasteiger partial charge on any atom is 0.416 e. The first-order valence-corrected chi connectivity index (χ1v) is 5.42. The third kappa shape index (κ3) is 2.79. The van der Waals surface area contributed by atoms with Crippen LogP contribution in [0.15, 0.2) is 18.2 Å². The van der Waals surface area contributed by atoms with Crippen LogP contribution < -0.4 is 5.32 Å². The normalized spacial score (nSPS) is 20.1. The zero-order chi connectivity index (χ0) is 12.5. The van der Waals surface area contributed by atoms with E-state index >= 15 is 0 Å². The first kappa shape index (κ1) is 12.4. The van der Waals surface area contributed by atoms with Gasteiger partial charge in [0.15, 0.2) is 0 Å². The number of ether oxygens (including phenoxy) is 1. The van der Waals surface area contributed by atoms with Crippen molar-refractivity contribution in [2.75, 3.05) is 13.7 Å². The molecule has 94 valence electrons. The molecule has 0 fully saturated rings. The molecule has 1 atom stereocenters. The molecule has 0 spiro atoms. The summed E-state index contributed by atoms with van der Waals surface area (Å²) in [5.74, 6) is 0. The first-order valence-electron chi connectivity index (χ1n) is 5.42. The van der Waals surface area contributed by atoms with Gasteiger partial charge >= 0.3 is 6.18 Å². The highest BCUT2D eigenvalue weighted by Crippen LogP contribution is 2.31. The van der Waals surface area contributed by atoms with Crippen molar-refractivity contribution < 1.29 is 17.9 Å². The molecule has 0 aliphatic carbocycles. The van der Waals surface area contributed by atoms with Gasteiger partial charge in [-0.25, -0.2) is 0 Å². The molecule has 1 aliphatic rings. The van der Waals surface area contributed by atoms with Crippen molar-refractivity contribution in [2.45, 2.75) is 25.2 Å². The monoisotopic (exact) mass is 245 g/mol. The van der Waals surface area contributed by atoms with Crippen LogP contribution in [-0.4, -0.2) is 19.8 Å². The van der Waals surface area contributed by atoms with Gasteiger partial charge in [0.1, 0.15) is 0 Å². The molecule has 2 nitrogen and oxygen atoms in total. The number of nitrogens with one attached hydrogen (secondary N) is 1. The maximum atomic E-state index is 12.6. The van der Waals surface area contributed by atoms with Crippen LogP contribution in [0.2, 0.25) is 0 Å². The average Bonchev–Trinajstić information content (AvgIpc) is 2.27. The van der Waals surface area contributed by atoms with Gasteiger partial charge in [0.25, 0.3) is 0 Å². The standard InChI is InChI=1S/C12H14F3NO/c1-17-7-11-5-9-4-10(12(13,14)15)3-2-8(9)6-16-11/h2-4,11,16H,5-7H2,1H3. The highest BCUT2D eigenvalue weighted by Gasteiger charge is 2.31. The highest BCUT2D eigenvalue weighted by atomic mass is 19.4. The molecule has 0 radical (unpaired) electrons. The van der Waals surface area contributed by atoms with E-state index in [2.05, 4.69) is 5.32 Å². The Hall–Kier alpha value is -1.07. The Morgan fingerprint density at radius 2 is 2.12 bits per heavy atom. The van der Waals surface area contributed by atoms with Crippen molar-refractivity contribution in [1.29, 1.82) is 0 Å². The molecule has 1 N–H and O–H groups in total. The van der Waals surface area contributed by atoms with Crippen molar-refractivity contribution >= 4 is 0 Å². The number of alkyl halides is 3. The van der Waals surface area contributed by atoms with Crippen molar-refractivity contribution in [2.24, 2.45) is 0 Å². The molecule has 0 aromatic heterocycles. The lowest BCUT2D eigenvalue weighted by Gasteiger charge is -2.26. The lowest BCUT2D eigenvalue weighted by Crippen LogP contribution is -2.38. The predicted octanol–water partition coefficient (Wildman–Crippen LogP) is 2.37. The maximum absolute atomic E-state index is 12.6. The fraction of sp³-hybridized carbons (Fsp3) is 0.500. The van der Waals surface area contributed by atoms with Gasteiger partial charge in [-0.05, 0) is 29.7 Å². The quantitative estimate of drug-likeness (QED) is 0.863. The van der Waals surface area contributed by atoms with E-state index in [1.54, 1.807) is 13.2 Å². The molecule has 1 aromatic rings. The van der Waals surface area contributed by atoms with Crippen LogP contribution in [0.1, 0.15) is 16.7 Å². The second-order valence-corrected chi connectivity index (χ2v) is 4.22. The van der Waals surface area contributed by atoms with E-state index in [0.29, 0.717) is 19.6 Å². The number of methoxy groups -OCH3 is 1. The molecular weight excluding hydrogens is 231 g/mol. The minimum absolute atomic E-state index is 0.0935. The minimum Gasteiger partial charge on any atom is -0.383 e. The molecule has 5 heteroatoms. The summed E-state index contributed by atoms with van der Waals surface area (Å²) < 4.78 is 42.7. The number of fused-ring (bicyclic) bond motifs is 1. The molecule has 0 bridgehead atoms. The van der Waals surface area contributed by atoms with Gasteiger partial charge in [-0.3, -0.25) is 0 Å². The highest BCUT2D eigenvalue weighted by molar-refractivity contribution is 5.35. The summed E-state index contributed by atoms with van der Waals surface area (Å²) in [6, 6.07) is 4.03. The second kappa shape index (κ2) is 4.66. The molecule has 0 saturated carbocycles. The number of halogens is 3. The van der Waals surface area contributed by atoms with Crippen LogP contribution in [0.3, 0.4) is 0 Å². The number of hydrogen-bond donors (Lipinski definition) is 1. The van der Waals surface area contributed by atoms with Gasteiger partial charge in [-0.2, -0.15) is 13.2 Å². The molecule has 1 heterocycles. The van der Waals surface area contributed by atoms with Crippen molar-refractivity contribution in [3.05, 3.63) is 34.9 Å². The zero-order valence-corrected chi connectivity index (χ0v) is 9.47. The number of hydrogen-bond acceptors (Lipinski definition) is 2. The zero-order valence-electron chi connectivity index (χ0n) is 9.47. The van der Waals surface area contributed by atoms with E-state index in [-0.39, 0.29) is 6.04 Å². The Balaban J connectivity index is 2.23. The molecule has 17 heavy (non-hydrogen) atoms. The summed E-state index contributed by atoms with van der Waals surface area (Å²) in [4.78, 5) is 0. The summed E-state index contributed by atoms with van der Waals surface area (Å²) in [6.45, 7) is 1.11. The van der Waals surface area contributed by atoms with Gasteiger partial charge < -0.3 is 10.1 Å². The number of rotatable bonds is 2. The largest absolute Gasteiger partial charge is 0.416 e. The fourth-order valence-electron chi connectivity index (χ4n) is 2.08. The van der Waals surface area contributed by atoms with Crippen molar-refractivity contribution in [1.82, 2.24) is 5.32 Å². The van der Waals surface area contributed by atoms with Gasteiger partial charge in [-0.1, -0.05) is 6.07 Å². The van der Waals surface area contributed by atoms with Gasteiger partial charge in [-0.15, -0.1) is 0 Å². The Morgan fingerprint density at radius 1 is 1.35 bits per heavy atom. The average molecular weight is 245 g/mol. The summed E-state index contributed by atoms with van der Waals surface area (Å²) in [5, 5.41) is 3.23. The molecule has 0 amide bonds. The molecule has 1 unspecified atom stereocenters. The van der Waals surface area contributed by atoms with Crippen LogP contribution in [0, 0.1) is 0 Å².